The summed E-state index contributed by atoms with van der Waals surface area (Å²) in [6, 6.07) is 4.69. The molecule has 0 aliphatic carbocycles. The van der Waals surface area contributed by atoms with Crippen molar-refractivity contribution in [2.24, 2.45) is 0 Å². The Balaban J connectivity index is -0.000000151. The fourth-order valence-electron chi connectivity index (χ4n) is 1.54. The van der Waals surface area contributed by atoms with Crippen LogP contribution in [-0.4, -0.2) is 0 Å². The van der Waals surface area contributed by atoms with Crippen LogP contribution < -0.4 is 37.2 Å². The van der Waals surface area contributed by atoms with Crippen LogP contribution in [0.1, 0.15) is 37.5 Å². The molecule has 1 radical (unpaired) electrons. The average molecular weight is 307 g/mol. The van der Waals surface area contributed by atoms with Gasteiger partial charge in [-0.1, -0.05) is 40.0 Å². The van der Waals surface area contributed by atoms with Gasteiger partial charge < -0.3 is 37.2 Å². The van der Waals surface area contributed by atoms with Gasteiger partial charge in [-0.2, -0.15) is 22.8 Å². The standard InChI is InChI=1S/C11H17.3ClH.V/c1-4-9-7-10(5-2)11(6-3)8-9;;;;/h7-8H,4-6H2,1-3H3;3*1H;/q-1;;;;+4/p-3. The molecule has 4 heteroatoms. The van der Waals surface area contributed by atoms with Gasteiger partial charge in [0.2, 0.25) is 0 Å². The molecule has 0 atom stereocenters. The van der Waals surface area contributed by atoms with Crippen molar-refractivity contribution in [1.29, 1.82) is 0 Å². The van der Waals surface area contributed by atoms with Crippen molar-refractivity contribution < 1.29 is 55.8 Å². The van der Waals surface area contributed by atoms with Gasteiger partial charge in [0, 0.05) is 0 Å². The fraction of sp³-hybridized carbons (Fsp3) is 0.545. The summed E-state index contributed by atoms with van der Waals surface area (Å²) in [6.45, 7) is 6.68. The van der Waals surface area contributed by atoms with E-state index in [1.165, 1.54) is 24.8 Å². The van der Waals surface area contributed by atoms with E-state index in [0.29, 0.717) is 0 Å². The second-order valence-electron chi connectivity index (χ2n) is 2.97. The Kier molecular flexibility index (Phi) is 21.3. The Morgan fingerprint density at radius 1 is 1.00 bits per heavy atom. The zero-order valence-corrected chi connectivity index (χ0v) is 13.0. The Morgan fingerprint density at radius 3 is 1.80 bits per heavy atom. The number of hydrogen-bond donors (Lipinski definition) is 0. The van der Waals surface area contributed by atoms with Gasteiger partial charge in [-0.05, 0) is 0 Å². The first-order valence-corrected chi connectivity index (χ1v) is 4.59. The quantitative estimate of drug-likeness (QED) is 0.488. The Hall–Kier alpha value is 0.804. The maximum Gasteiger partial charge on any atom is 4.00 e. The Morgan fingerprint density at radius 2 is 1.53 bits per heavy atom. The van der Waals surface area contributed by atoms with Gasteiger partial charge in [0.25, 0.3) is 0 Å². The largest absolute Gasteiger partial charge is 4.00 e. The van der Waals surface area contributed by atoms with Crippen molar-refractivity contribution in [1.82, 2.24) is 0 Å². The second-order valence-corrected chi connectivity index (χ2v) is 2.97. The predicted molar refractivity (Wildman–Crippen MR) is 50.2 cm³/mol. The molecule has 0 nitrogen and oxygen atoms in total. The molecule has 1 rings (SSSR count). The third-order valence-electron chi connectivity index (χ3n) is 2.30. The summed E-state index contributed by atoms with van der Waals surface area (Å²) in [4.78, 5) is 0. The van der Waals surface area contributed by atoms with Crippen LogP contribution in [0.3, 0.4) is 0 Å². The minimum Gasteiger partial charge on any atom is -1.00 e. The fourth-order valence-corrected chi connectivity index (χ4v) is 1.54. The monoisotopic (exact) mass is 305 g/mol. The van der Waals surface area contributed by atoms with Gasteiger partial charge in [-0.25, -0.2) is 6.07 Å². The van der Waals surface area contributed by atoms with Crippen LogP contribution in [-0.2, 0) is 37.8 Å². The van der Waals surface area contributed by atoms with Gasteiger partial charge in [0.1, 0.15) is 0 Å². The maximum atomic E-state index is 2.35. The molecular weight excluding hydrogens is 289 g/mol. The van der Waals surface area contributed by atoms with Crippen LogP contribution in [0, 0.1) is 0 Å². The minimum absolute atomic E-state index is 0. The van der Waals surface area contributed by atoms with Crippen LogP contribution in [0.15, 0.2) is 12.1 Å². The molecule has 0 spiro atoms. The first-order chi connectivity index (χ1) is 5.31. The van der Waals surface area contributed by atoms with E-state index < -0.39 is 0 Å². The first kappa shape index (κ1) is 24.9. The molecule has 87 valence electrons. The molecular formula is C11H17Cl3V. The predicted octanol–water partition coefficient (Wildman–Crippen LogP) is -5.90. The van der Waals surface area contributed by atoms with Gasteiger partial charge in [0.15, 0.2) is 0 Å². The zero-order valence-electron chi connectivity index (χ0n) is 9.36. The SMILES string of the molecule is CCc1cc(CC)[c-](CC)c1.[Cl-].[Cl-].[Cl-].[V+4]. The van der Waals surface area contributed by atoms with Crippen LogP contribution in [0.25, 0.3) is 0 Å². The number of aryl methyl sites for hydroxylation is 3. The van der Waals surface area contributed by atoms with E-state index in [1.54, 1.807) is 11.1 Å². The van der Waals surface area contributed by atoms with Gasteiger partial charge in [0.05, 0.1) is 0 Å². The average Bonchev–Trinajstić information content (AvgIpc) is 2.46. The first-order valence-electron chi connectivity index (χ1n) is 4.59. The van der Waals surface area contributed by atoms with E-state index >= 15 is 0 Å². The van der Waals surface area contributed by atoms with Crippen molar-refractivity contribution in [3.05, 3.63) is 28.8 Å². The molecule has 0 amide bonds. The Labute approximate surface area is 124 Å². The van der Waals surface area contributed by atoms with Crippen LogP contribution in [0.5, 0.6) is 0 Å². The summed E-state index contributed by atoms with van der Waals surface area (Å²) in [7, 11) is 0. The van der Waals surface area contributed by atoms with Crippen molar-refractivity contribution in [2.45, 2.75) is 40.0 Å². The van der Waals surface area contributed by atoms with Gasteiger partial charge in [-0.3, -0.25) is 0 Å². The summed E-state index contributed by atoms with van der Waals surface area (Å²) in [5.41, 5.74) is 4.59. The van der Waals surface area contributed by atoms with Crippen LogP contribution in [0.4, 0.5) is 0 Å². The van der Waals surface area contributed by atoms with E-state index in [1.807, 2.05) is 0 Å². The molecule has 0 aliphatic rings. The molecule has 0 saturated heterocycles. The second kappa shape index (κ2) is 12.9. The molecule has 0 N–H and O–H groups in total. The molecule has 15 heavy (non-hydrogen) atoms. The van der Waals surface area contributed by atoms with E-state index in [9.17, 15) is 0 Å². The van der Waals surface area contributed by atoms with Crippen LogP contribution >= 0.6 is 0 Å². The molecule has 1 aromatic rings. The van der Waals surface area contributed by atoms with Gasteiger partial charge >= 0.3 is 18.6 Å². The normalized spacial score (nSPS) is 7.67. The van der Waals surface area contributed by atoms with Crippen molar-refractivity contribution in [3.63, 3.8) is 0 Å². The summed E-state index contributed by atoms with van der Waals surface area (Å²) in [5, 5.41) is 0. The summed E-state index contributed by atoms with van der Waals surface area (Å²) in [6.07, 6.45) is 3.54. The molecule has 0 saturated carbocycles. The van der Waals surface area contributed by atoms with Crippen molar-refractivity contribution in [2.75, 3.05) is 0 Å². The van der Waals surface area contributed by atoms with E-state index in [2.05, 4.69) is 32.9 Å². The molecule has 1 aromatic carbocycles. The number of rotatable bonds is 3. The molecule has 0 aliphatic heterocycles. The van der Waals surface area contributed by atoms with Crippen molar-refractivity contribution in [3.8, 4) is 0 Å². The summed E-state index contributed by atoms with van der Waals surface area (Å²) in [5.74, 6) is 0. The smallest absolute Gasteiger partial charge is 1.00 e. The van der Waals surface area contributed by atoms with E-state index in [4.69, 9.17) is 0 Å². The third-order valence-corrected chi connectivity index (χ3v) is 2.30. The Bertz CT molecular complexity index is 212. The number of halogens is 3. The minimum atomic E-state index is 0. The third kappa shape index (κ3) is 6.86. The maximum absolute atomic E-state index is 2.35. The molecule has 0 heterocycles. The van der Waals surface area contributed by atoms with Crippen molar-refractivity contribution >= 4 is 0 Å². The van der Waals surface area contributed by atoms with E-state index in [-0.39, 0.29) is 55.8 Å². The summed E-state index contributed by atoms with van der Waals surface area (Å²) < 4.78 is 0. The van der Waals surface area contributed by atoms with Gasteiger partial charge in [-0.15, -0.1) is 0 Å². The number of hydrogen-bond acceptors (Lipinski definition) is 0. The summed E-state index contributed by atoms with van der Waals surface area (Å²) >= 11 is 0. The van der Waals surface area contributed by atoms with E-state index in [0.717, 1.165) is 0 Å². The van der Waals surface area contributed by atoms with Crippen LogP contribution in [0.2, 0.25) is 0 Å². The molecule has 0 fully saturated rings. The topological polar surface area (TPSA) is 0 Å². The molecule has 0 aromatic heterocycles. The molecule has 0 bridgehead atoms. The zero-order chi connectivity index (χ0) is 8.27. The molecule has 0 unspecified atom stereocenters.